The minimum absolute atomic E-state index is 0.193. The van der Waals surface area contributed by atoms with Crippen molar-refractivity contribution in [3.05, 3.63) is 40.9 Å². The molecule has 2 rings (SSSR count). The lowest BCUT2D eigenvalue weighted by atomic mass is 10.2. The van der Waals surface area contributed by atoms with Gasteiger partial charge in [0.2, 0.25) is 5.91 Å². The molecule has 102 valence electrons. The van der Waals surface area contributed by atoms with Crippen molar-refractivity contribution in [1.29, 1.82) is 0 Å². The second-order valence-electron chi connectivity index (χ2n) is 4.54. The number of nitrogens with zero attached hydrogens (tertiary/aromatic N) is 1. The van der Waals surface area contributed by atoms with Gasteiger partial charge in [-0.05, 0) is 23.8 Å². The Morgan fingerprint density at radius 2 is 2.05 bits per heavy atom. The summed E-state index contributed by atoms with van der Waals surface area (Å²) in [5.41, 5.74) is 12.7. The lowest BCUT2D eigenvalue weighted by molar-refractivity contribution is -0.133. The third-order valence-corrected chi connectivity index (χ3v) is 3.23. The molecule has 1 aromatic carbocycles. The van der Waals surface area contributed by atoms with Crippen molar-refractivity contribution >= 4 is 23.6 Å². The zero-order valence-corrected chi connectivity index (χ0v) is 11.2. The quantitative estimate of drug-likeness (QED) is 0.539. The van der Waals surface area contributed by atoms with E-state index in [0.717, 1.165) is 5.56 Å². The topological polar surface area (TPSA) is 84.4 Å². The van der Waals surface area contributed by atoms with E-state index >= 15 is 0 Å². The number of amides is 1. The van der Waals surface area contributed by atoms with Crippen LogP contribution >= 0.6 is 11.6 Å². The van der Waals surface area contributed by atoms with E-state index in [4.69, 9.17) is 23.1 Å². The number of hydrogen-bond acceptors (Lipinski definition) is 4. The Bertz CT molecular complexity index is 484. The van der Waals surface area contributed by atoms with Crippen molar-refractivity contribution in [2.75, 3.05) is 19.6 Å². The molecule has 0 aromatic heterocycles. The van der Waals surface area contributed by atoms with Gasteiger partial charge < -0.3 is 10.2 Å². The van der Waals surface area contributed by atoms with Gasteiger partial charge in [0, 0.05) is 30.7 Å². The molecule has 1 saturated heterocycles. The summed E-state index contributed by atoms with van der Waals surface area (Å²) in [5.74, 6) is -1.33. The molecule has 0 bridgehead atoms. The van der Waals surface area contributed by atoms with Gasteiger partial charge in [0.1, 0.15) is 0 Å². The predicted molar refractivity (Wildman–Crippen MR) is 76.2 cm³/mol. The van der Waals surface area contributed by atoms with Crippen LogP contribution in [0.3, 0.4) is 0 Å². The molecule has 0 aliphatic carbocycles. The number of nitrogens with one attached hydrogen (secondary N) is 1. The van der Waals surface area contributed by atoms with Crippen LogP contribution in [0.15, 0.2) is 30.3 Å². The van der Waals surface area contributed by atoms with Crippen molar-refractivity contribution in [2.24, 2.45) is 11.5 Å². The highest BCUT2D eigenvalue weighted by molar-refractivity contribution is 6.30. The predicted octanol–water partition coefficient (Wildman–Crippen LogP) is 0.356. The van der Waals surface area contributed by atoms with Crippen LogP contribution in [0, 0.1) is 0 Å². The highest BCUT2D eigenvalue weighted by Gasteiger charge is 2.33. The van der Waals surface area contributed by atoms with Crippen molar-refractivity contribution in [1.82, 2.24) is 10.2 Å². The highest BCUT2D eigenvalue weighted by Crippen LogP contribution is 2.12. The third-order valence-electron chi connectivity index (χ3n) is 2.98. The van der Waals surface area contributed by atoms with Gasteiger partial charge in [-0.25, -0.2) is 0 Å². The van der Waals surface area contributed by atoms with Gasteiger partial charge in [0.05, 0.1) is 0 Å². The Hall–Kier alpha value is -1.40. The standard InChI is InChI=1S/C13H17ClN4O/c14-11-4-1-10(2-5-11)3-6-12(19)18-8-7-17-9-13(18,15)16/h1-6,17H,7-9,15-16H2/b6-3+. The van der Waals surface area contributed by atoms with Crippen molar-refractivity contribution in [3.63, 3.8) is 0 Å². The fourth-order valence-corrected chi connectivity index (χ4v) is 2.06. The van der Waals surface area contributed by atoms with E-state index in [-0.39, 0.29) is 5.91 Å². The molecule has 0 unspecified atom stereocenters. The van der Waals surface area contributed by atoms with Crippen LogP contribution in [0.4, 0.5) is 0 Å². The van der Waals surface area contributed by atoms with E-state index in [1.54, 1.807) is 18.2 Å². The number of nitrogens with two attached hydrogens (primary N) is 2. The minimum Gasteiger partial charge on any atom is -0.310 e. The number of hydrogen-bond donors (Lipinski definition) is 3. The Labute approximate surface area is 117 Å². The molecule has 0 spiro atoms. The molecule has 5 nitrogen and oxygen atoms in total. The smallest absolute Gasteiger partial charge is 0.249 e. The van der Waals surface area contributed by atoms with E-state index in [2.05, 4.69) is 5.32 Å². The maximum absolute atomic E-state index is 12.1. The summed E-state index contributed by atoms with van der Waals surface area (Å²) in [6, 6.07) is 7.21. The molecule has 5 N–H and O–H groups in total. The maximum Gasteiger partial charge on any atom is 0.249 e. The molecule has 0 atom stereocenters. The van der Waals surface area contributed by atoms with Crippen LogP contribution in [0.5, 0.6) is 0 Å². The zero-order valence-electron chi connectivity index (χ0n) is 10.5. The number of carbonyl (C=O) groups excluding carboxylic acids is 1. The van der Waals surface area contributed by atoms with Gasteiger partial charge in [-0.2, -0.15) is 0 Å². The van der Waals surface area contributed by atoms with Crippen LogP contribution in [-0.4, -0.2) is 36.2 Å². The molecule has 0 radical (unpaired) electrons. The normalized spacial score (nSPS) is 18.8. The van der Waals surface area contributed by atoms with E-state index < -0.39 is 5.79 Å². The average Bonchev–Trinajstić information content (AvgIpc) is 2.37. The SMILES string of the molecule is NC1(N)CNCCN1C(=O)/C=C/c1ccc(Cl)cc1. The first-order chi connectivity index (χ1) is 8.99. The number of rotatable bonds is 2. The molecular weight excluding hydrogens is 264 g/mol. The second kappa shape index (κ2) is 5.71. The van der Waals surface area contributed by atoms with Gasteiger partial charge in [0.15, 0.2) is 5.79 Å². The van der Waals surface area contributed by atoms with Crippen LogP contribution in [0.25, 0.3) is 6.08 Å². The molecule has 1 aliphatic rings. The minimum atomic E-state index is -1.14. The van der Waals surface area contributed by atoms with Gasteiger partial charge in [-0.1, -0.05) is 23.7 Å². The van der Waals surface area contributed by atoms with Gasteiger partial charge >= 0.3 is 0 Å². The summed E-state index contributed by atoms with van der Waals surface area (Å²) in [4.78, 5) is 13.5. The van der Waals surface area contributed by atoms with E-state index in [1.165, 1.54) is 11.0 Å². The Balaban J connectivity index is 2.06. The average molecular weight is 281 g/mol. The van der Waals surface area contributed by atoms with Crippen molar-refractivity contribution in [2.45, 2.75) is 5.79 Å². The first-order valence-electron chi connectivity index (χ1n) is 6.03. The summed E-state index contributed by atoms with van der Waals surface area (Å²) in [5, 5.41) is 3.72. The van der Waals surface area contributed by atoms with Crippen LogP contribution in [0.1, 0.15) is 5.56 Å². The second-order valence-corrected chi connectivity index (χ2v) is 4.98. The number of benzene rings is 1. The fraction of sp³-hybridized carbons (Fsp3) is 0.308. The van der Waals surface area contributed by atoms with Crippen LogP contribution in [0.2, 0.25) is 5.02 Å². The van der Waals surface area contributed by atoms with E-state index in [1.807, 2.05) is 12.1 Å². The first-order valence-corrected chi connectivity index (χ1v) is 6.40. The van der Waals surface area contributed by atoms with Crippen LogP contribution in [-0.2, 0) is 4.79 Å². The number of piperazine rings is 1. The Kier molecular flexibility index (Phi) is 4.21. The van der Waals surface area contributed by atoms with Gasteiger partial charge in [-0.3, -0.25) is 16.3 Å². The summed E-state index contributed by atoms with van der Waals surface area (Å²) in [7, 11) is 0. The van der Waals surface area contributed by atoms with Crippen LogP contribution < -0.4 is 16.8 Å². The van der Waals surface area contributed by atoms with Crippen molar-refractivity contribution < 1.29 is 4.79 Å². The lowest BCUT2D eigenvalue weighted by Crippen LogP contribution is -2.73. The zero-order chi connectivity index (χ0) is 13.9. The molecule has 1 amide bonds. The number of halogens is 1. The van der Waals surface area contributed by atoms with Gasteiger partial charge in [-0.15, -0.1) is 0 Å². The highest BCUT2D eigenvalue weighted by atomic mass is 35.5. The molecule has 1 heterocycles. The molecule has 1 aromatic rings. The van der Waals surface area contributed by atoms with E-state index in [9.17, 15) is 4.79 Å². The van der Waals surface area contributed by atoms with Crippen molar-refractivity contribution in [3.8, 4) is 0 Å². The molecule has 19 heavy (non-hydrogen) atoms. The number of carbonyl (C=O) groups is 1. The molecule has 6 heteroatoms. The molecular formula is C13H17ClN4O. The molecule has 1 aliphatic heterocycles. The Morgan fingerprint density at radius 3 is 2.68 bits per heavy atom. The molecule has 1 fully saturated rings. The first kappa shape index (κ1) is 14.0. The van der Waals surface area contributed by atoms with E-state index in [0.29, 0.717) is 24.7 Å². The summed E-state index contributed by atoms with van der Waals surface area (Å²) in [6.07, 6.45) is 3.19. The Morgan fingerprint density at radius 1 is 1.37 bits per heavy atom. The summed E-state index contributed by atoms with van der Waals surface area (Å²) in [6.45, 7) is 1.57. The fourth-order valence-electron chi connectivity index (χ4n) is 1.93. The lowest BCUT2D eigenvalue weighted by Gasteiger charge is -2.41. The monoisotopic (exact) mass is 280 g/mol. The summed E-state index contributed by atoms with van der Waals surface area (Å²) >= 11 is 5.79. The summed E-state index contributed by atoms with van der Waals surface area (Å²) < 4.78 is 0. The largest absolute Gasteiger partial charge is 0.310 e. The maximum atomic E-state index is 12.1. The van der Waals surface area contributed by atoms with Gasteiger partial charge in [0.25, 0.3) is 0 Å². The third kappa shape index (κ3) is 3.54. The molecule has 0 saturated carbocycles.